The smallest absolute Gasteiger partial charge is 0.270 e. The Labute approximate surface area is 142 Å². The second-order valence-electron chi connectivity index (χ2n) is 5.14. The molecule has 0 spiro atoms. The Bertz CT molecular complexity index is 846. The Morgan fingerprint density at radius 2 is 1.68 bits per heavy atom. The van der Waals surface area contributed by atoms with Gasteiger partial charge in [0.1, 0.15) is 0 Å². The summed E-state index contributed by atoms with van der Waals surface area (Å²) in [5.41, 5.74) is 3.78. The van der Waals surface area contributed by atoms with E-state index in [4.69, 9.17) is 0 Å². The molecule has 9 heteroatoms. The maximum atomic E-state index is 11.9. The van der Waals surface area contributed by atoms with Gasteiger partial charge in [-0.3, -0.25) is 25.0 Å². The number of hydrogen-bond donors (Lipinski definition) is 1. The van der Waals surface area contributed by atoms with Crippen molar-refractivity contribution >= 4 is 23.0 Å². The van der Waals surface area contributed by atoms with Crippen molar-refractivity contribution in [2.45, 2.75) is 13.3 Å². The van der Waals surface area contributed by atoms with E-state index in [1.54, 1.807) is 13.0 Å². The van der Waals surface area contributed by atoms with Crippen LogP contribution in [0.5, 0.6) is 0 Å². The normalized spacial score (nSPS) is 11.0. The third-order valence-electron chi connectivity index (χ3n) is 3.33. The topological polar surface area (TPSA) is 128 Å². The number of amides is 1. The van der Waals surface area contributed by atoms with Gasteiger partial charge in [-0.1, -0.05) is 24.3 Å². The number of hydrazone groups is 1. The SMILES string of the molecule is C/C(=N/NC(=O)Cc1ccc([N+](=O)[O-])cc1)c1cccc([N+](=O)[O-])c1. The molecule has 0 aromatic heterocycles. The monoisotopic (exact) mass is 342 g/mol. The van der Waals surface area contributed by atoms with E-state index in [0.717, 1.165) is 0 Å². The zero-order chi connectivity index (χ0) is 18.4. The first-order valence-corrected chi connectivity index (χ1v) is 7.18. The van der Waals surface area contributed by atoms with Crippen LogP contribution in [-0.2, 0) is 11.2 Å². The Morgan fingerprint density at radius 3 is 2.28 bits per heavy atom. The number of carbonyl (C=O) groups is 1. The first-order chi connectivity index (χ1) is 11.9. The molecular weight excluding hydrogens is 328 g/mol. The molecule has 0 bridgehead atoms. The van der Waals surface area contributed by atoms with Gasteiger partial charge in [0.2, 0.25) is 5.91 Å². The summed E-state index contributed by atoms with van der Waals surface area (Å²) in [5.74, 6) is -0.404. The van der Waals surface area contributed by atoms with E-state index < -0.39 is 15.8 Å². The third kappa shape index (κ3) is 4.93. The molecule has 9 nitrogen and oxygen atoms in total. The minimum Gasteiger partial charge on any atom is -0.273 e. The summed E-state index contributed by atoms with van der Waals surface area (Å²) < 4.78 is 0. The Balaban J connectivity index is 2.00. The lowest BCUT2D eigenvalue weighted by Crippen LogP contribution is -2.21. The van der Waals surface area contributed by atoms with Crippen molar-refractivity contribution in [3.05, 3.63) is 79.9 Å². The average Bonchev–Trinajstić information content (AvgIpc) is 2.60. The fourth-order valence-electron chi connectivity index (χ4n) is 2.02. The highest BCUT2D eigenvalue weighted by atomic mass is 16.6. The summed E-state index contributed by atoms with van der Waals surface area (Å²) in [5, 5.41) is 25.3. The van der Waals surface area contributed by atoms with E-state index in [1.807, 2.05) is 0 Å². The molecule has 0 unspecified atom stereocenters. The first kappa shape index (κ1) is 17.7. The molecule has 0 atom stereocenters. The number of carbonyl (C=O) groups excluding carboxylic acids is 1. The number of rotatable bonds is 6. The van der Waals surface area contributed by atoms with Gasteiger partial charge in [0, 0.05) is 29.8 Å². The zero-order valence-electron chi connectivity index (χ0n) is 13.2. The summed E-state index contributed by atoms with van der Waals surface area (Å²) >= 11 is 0. The second-order valence-corrected chi connectivity index (χ2v) is 5.14. The molecule has 1 N–H and O–H groups in total. The van der Waals surface area contributed by atoms with Crippen LogP contribution in [0.15, 0.2) is 53.6 Å². The molecule has 0 heterocycles. The predicted octanol–water partition coefficient (Wildman–Crippen LogP) is 2.59. The molecule has 2 rings (SSSR count). The van der Waals surface area contributed by atoms with Gasteiger partial charge in [0.05, 0.1) is 22.0 Å². The average molecular weight is 342 g/mol. The number of non-ortho nitro benzene ring substituents is 2. The van der Waals surface area contributed by atoms with Gasteiger partial charge < -0.3 is 0 Å². The fraction of sp³-hybridized carbons (Fsp3) is 0.125. The minimum atomic E-state index is -0.517. The van der Waals surface area contributed by atoms with Crippen LogP contribution in [0.2, 0.25) is 0 Å². The van der Waals surface area contributed by atoms with Crippen LogP contribution < -0.4 is 5.43 Å². The molecule has 1 amide bonds. The molecule has 0 saturated heterocycles. The number of nitro benzene ring substituents is 2. The molecule has 128 valence electrons. The van der Waals surface area contributed by atoms with Gasteiger partial charge in [0.15, 0.2) is 0 Å². The number of nitrogens with zero attached hydrogens (tertiary/aromatic N) is 3. The van der Waals surface area contributed by atoms with Crippen molar-refractivity contribution in [1.29, 1.82) is 0 Å². The van der Waals surface area contributed by atoms with Crippen molar-refractivity contribution in [3.8, 4) is 0 Å². The van der Waals surface area contributed by atoms with Crippen molar-refractivity contribution in [2.24, 2.45) is 5.10 Å². The van der Waals surface area contributed by atoms with Gasteiger partial charge in [-0.15, -0.1) is 0 Å². The lowest BCUT2D eigenvalue weighted by molar-refractivity contribution is -0.385. The Morgan fingerprint density at radius 1 is 1.04 bits per heavy atom. The van der Waals surface area contributed by atoms with Gasteiger partial charge in [-0.25, -0.2) is 5.43 Å². The van der Waals surface area contributed by atoms with Crippen molar-refractivity contribution in [2.75, 3.05) is 0 Å². The van der Waals surface area contributed by atoms with E-state index in [2.05, 4.69) is 10.5 Å². The van der Waals surface area contributed by atoms with Crippen LogP contribution in [0.4, 0.5) is 11.4 Å². The Kier molecular flexibility index (Phi) is 5.51. The van der Waals surface area contributed by atoms with Gasteiger partial charge >= 0.3 is 0 Å². The number of benzene rings is 2. The van der Waals surface area contributed by atoms with Crippen LogP contribution in [0.25, 0.3) is 0 Å². The summed E-state index contributed by atoms with van der Waals surface area (Å²) in [6, 6.07) is 11.5. The highest BCUT2D eigenvalue weighted by Crippen LogP contribution is 2.14. The molecule has 0 aliphatic heterocycles. The van der Waals surface area contributed by atoms with Crippen molar-refractivity contribution in [1.82, 2.24) is 5.43 Å². The molecule has 0 fully saturated rings. The van der Waals surface area contributed by atoms with Gasteiger partial charge in [0.25, 0.3) is 11.4 Å². The molecule has 0 radical (unpaired) electrons. The van der Waals surface area contributed by atoms with E-state index in [1.165, 1.54) is 42.5 Å². The standard InChI is InChI=1S/C16H14N4O5/c1-11(13-3-2-4-15(10-13)20(24)25)17-18-16(21)9-12-5-7-14(8-6-12)19(22)23/h2-8,10H,9H2,1H3,(H,18,21)/b17-11-. The van der Waals surface area contributed by atoms with E-state index in [9.17, 15) is 25.0 Å². The molecule has 2 aromatic rings. The van der Waals surface area contributed by atoms with Crippen LogP contribution in [0.3, 0.4) is 0 Å². The molecule has 2 aromatic carbocycles. The van der Waals surface area contributed by atoms with E-state index in [-0.39, 0.29) is 17.8 Å². The lowest BCUT2D eigenvalue weighted by Gasteiger charge is -2.03. The summed E-state index contributed by atoms with van der Waals surface area (Å²) in [4.78, 5) is 32.2. The maximum absolute atomic E-state index is 11.9. The highest BCUT2D eigenvalue weighted by Gasteiger charge is 2.09. The quantitative estimate of drug-likeness (QED) is 0.490. The molecular formula is C16H14N4O5. The zero-order valence-corrected chi connectivity index (χ0v) is 13.2. The summed E-state index contributed by atoms with van der Waals surface area (Å²) in [6.07, 6.45) is 0.00368. The van der Waals surface area contributed by atoms with E-state index in [0.29, 0.717) is 16.8 Å². The highest BCUT2D eigenvalue weighted by molar-refractivity contribution is 5.99. The fourth-order valence-corrected chi connectivity index (χ4v) is 2.02. The molecule has 25 heavy (non-hydrogen) atoms. The second kappa shape index (κ2) is 7.77. The van der Waals surface area contributed by atoms with E-state index >= 15 is 0 Å². The van der Waals surface area contributed by atoms with Crippen molar-refractivity contribution < 1.29 is 14.6 Å². The molecule has 0 aliphatic carbocycles. The largest absolute Gasteiger partial charge is 0.273 e. The predicted molar refractivity (Wildman–Crippen MR) is 90.3 cm³/mol. The number of nitro groups is 2. The van der Waals surface area contributed by atoms with Gasteiger partial charge in [-0.2, -0.15) is 5.10 Å². The van der Waals surface area contributed by atoms with Gasteiger partial charge in [-0.05, 0) is 12.5 Å². The first-order valence-electron chi connectivity index (χ1n) is 7.18. The van der Waals surface area contributed by atoms with Crippen LogP contribution in [0, 0.1) is 20.2 Å². The summed E-state index contributed by atoms with van der Waals surface area (Å²) in [6.45, 7) is 1.62. The van der Waals surface area contributed by atoms with Crippen LogP contribution in [0.1, 0.15) is 18.1 Å². The number of nitrogens with one attached hydrogen (secondary N) is 1. The van der Waals surface area contributed by atoms with Crippen LogP contribution in [-0.4, -0.2) is 21.5 Å². The van der Waals surface area contributed by atoms with Crippen LogP contribution >= 0.6 is 0 Å². The maximum Gasteiger partial charge on any atom is 0.270 e. The third-order valence-corrected chi connectivity index (χ3v) is 3.33. The Hall–Kier alpha value is -3.62. The molecule has 0 aliphatic rings. The van der Waals surface area contributed by atoms with Crippen molar-refractivity contribution in [3.63, 3.8) is 0 Å². The summed E-state index contributed by atoms with van der Waals surface area (Å²) in [7, 11) is 0. The number of hydrogen-bond acceptors (Lipinski definition) is 6. The lowest BCUT2D eigenvalue weighted by atomic mass is 10.1. The molecule has 0 saturated carbocycles. The minimum absolute atomic E-state index is 0.00368.